The van der Waals surface area contributed by atoms with E-state index in [4.69, 9.17) is 16.3 Å². The molecule has 0 amide bonds. The number of rotatable bonds is 7. The van der Waals surface area contributed by atoms with E-state index >= 15 is 0 Å². The van der Waals surface area contributed by atoms with Crippen LogP contribution in [0.1, 0.15) is 19.5 Å². The molecule has 0 spiro atoms. The van der Waals surface area contributed by atoms with Crippen molar-refractivity contribution >= 4 is 11.6 Å². The van der Waals surface area contributed by atoms with Gasteiger partial charge in [-0.1, -0.05) is 42.8 Å². The van der Waals surface area contributed by atoms with Crippen molar-refractivity contribution in [1.29, 1.82) is 0 Å². The van der Waals surface area contributed by atoms with Crippen molar-refractivity contribution in [3.05, 3.63) is 35.0 Å². The molecule has 1 aromatic carbocycles. The Morgan fingerprint density at radius 3 is 2.55 bits per heavy atom. The first-order chi connectivity index (χ1) is 10.5. The fraction of sp³-hybridized carbons (Fsp3) is 0.500. The predicted octanol–water partition coefficient (Wildman–Crippen LogP) is 2.94. The van der Waals surface area contributed by atoms with Crippen LogP contribution < -0.4 is 0 Å². The lowest BCUT2D eigenvalue weighted by atomic mass is 10.1. The Kier molecular flexibility index (Phi) is 5.94. The first-order valence-electron chi connectivity index (χ1n) is 7.39. The van der Waals surface area contributed by atoms with E-state index in [0.29, 0.717) is 30.7 Å². The molecule has 1 atom stereocenters. The highest BCUT2D eigenvalue weighted by Crippen LogP contribution is 2.22. The van der Waals surface area contributed by atoms with Gasteiger partial charge in [-0.05, 0) is 25.0 Å². The van der Waals surface area contributed by atoms with Crippen LogP contribution in [0.3, 0.4) is 0 Å². The summed E-state index contributed by atoms with van der Waals surface area (Å²) in [6.45, 7) is 7.39. The van der Waals surface area contributed by atoms with Crippen molar-refractivity contribution < 1.29 is 9.84 Å². The lowest BCUT2D eigenvalue weighted by Crippen LogP contribution is -2.24. The smallest absolute Gasteiger partial charge is 0.115 e. The second kappa shape index (κ2) is 7.72. The van der Waals surface area contributed by atoms with Gasteiger partial charge in [-0.2, -0.15) is 0 Å². The van der Waals surface area contributed by atoms with Gasteiger partial charge < -0.3 is 9.84 Å². The highest BCUT2D eigenvalue weighted by Gasteiger charge is 2.14. The fourth-order valence-electron chi connectivity index (χ4n) is 2.10. The highest BCUT2D eigenvalue weighted by atomic mass is 35.5. The minimum absolute atomic E-state index is 0.299. The average molecular weight is 324 g/mol. The molecule has 0 saturated heterocycles. The minimum atomic E-state index is -0.600. The first kappa shape index (κ1) is 16.9. The van der Waals surface area contributed by atoms with Crippen LogP contribution in [0.15, 0.2) is 24.3 Å². The van der Waals surface area contributed by atoms with Crippen LogP contribution in [0.25, 0.3) is 11.3 Å². The minimum Gasteiger partial charge on any atom is -0.389 e. The lowest BCUT2D eigenvalue weighted by molar-refractivity contribution is 0.0160. The van der Waals surface area contributed by atoms with Gasteiger partial charge >= 0.3 is 0 Å². The maximum absolute atomic E-state index is 10.0. The standard InChI is InChI=1S/C16H22ClN3O2/c1-11(2)9-22-10-15(21)8-20-12(3)16(18-19-20)13-4-6-14(17)7-5-13/h4-7,11,15,21H,8-10H2,1-3H3/t15-/m0/s1. The van der Waals surface area contributed by atoms with Crippen LogP contribution in [0.4, 0.5) is 0 Å². The zero-order chi connectivity index (χ0) is 16.1. The van der Waals surface area contributed by atoms with Gasteiger partial charge in [0.05, 0.1) is 24.9 Å². The third-order valence-corrected chi connectivity index (χ3v) is 3.50. The second-order valence-corrected chi connectivity index (χ2v) is 6.23. The molecule has 6 heteroatoms. The number of aliphatic hydroxyl groups excluding tert-OH is 1. The number of benzene rings is 1. The molecule has 2 aromatic rings. The summed E-state index contributed by atoms with van der Waals surface area (Å²) in [6.07, 6.45) is -0.600. The molecule has 0 aliphatic rings. The van der Waals surface area contributed by atoms with Crippen molar-refractivity contribution in [2.24, 2.45) is 5.92 Å². The monoisotopic (exact) mass is 323 g/mol. The fourth-order valence-corrected chi connectivity index (χ4v) is 2.23. The normalized spacial score (nSPS) is 12.8. The van der Waals surface area contributed by atoms with E-state index in [2.05, 4.69) is 24.2 Å². The Morgan fingerprint density at radius 1 is 1.23 bits per heavy atom. The van der Waals surface area contributed by atoms with Gasteiger partial charge in [0.25, 0.3) is 0 Å². The van der Waals surface area contributed by atoms with Crippen molar-refractivity contribution in [2.45, 2.75) is 33.4 Å². The number of hydrogen-bond acceptors (Lipinski definition) is 4. The summed E-state index contributed by atoms with van der Waals surface area (Å²) in [5.74, 6) is 0.455. The molecular formula is C16H22ClN3O2. The number of halogens is 1. The summed E-state index contributed by atoms with van der Waals surface area (Å²) >= 11 is 5.90. The van der Waals surface area contributed by atoms with E-state index in [1.165, 1.54) is 0 Å². The van der Waals surface area contributed by atoms with Crippen molar-refractivity contribution in [3.8, 4) is 11.3 Å². The van der Waals surface area contributed by atoms with Crippen molar-refractivity contribution in [2.75, 3.05) is 13.2 Å². The van der Waals surface area contributed by atoms with E-state index in [-0.39, 0.29) is 0 Å². The Bertz CT molecular complexity index is 596. The molecule has 0 unspecified atom stereocenters. The number of hydrogen-bond donors (Lipinski definition) is 1. The van der Waals surface area contributed by atoms with Crippen LogP contribution in [0, 0.1) is 12.8 Å². The van der Waals surface area contributed by atoms with E-state index in [1.54, 1.807) is 4.68 Å². The van der Waals surface area contributed by atoms with Crippen LogP contribution >= 0.6 is 11.6 Å². The zero-order valence-electron chi connectivity index (χ0n) is 13.2. The SMILES string of the molecule is Cc1c(-c2ccc(Cl)cc2)nnn1C[C@H](O)COCC(C)C. The quantitative estimate of drug-likeness (QED) is 0.851. The molecule has 5 nitrogen and oxygen atoms in total. The zero-order valence-corrected chi connectivity index (χ0v) is 13.9. The number of aliphatic hydroxyl groups is 1. The maximum atomic E-state index is 10.0. The predicted molar refractivity (Wildman–Crippen MR) is 86.9 cm³/mol. The molecule has 120 valence electrons. The largest absolute Gasteiger partial charge is 0.389 e. The molecule has 0 bridgehead atoms. The molecule has 2 rings (SSSR count). The van der Waals surface area contributed by atoms with Crippen LogP contribution in [0.2, 0.25) is 5.02 Å². The van der Waals surface area contributed by atoms with Gasteiger partial charge in [0.2, 0.25) is 0 Å². The Labute approximate surface area is 135 Å². The van der Waals surface area contributed by atoms with Crippen molar-refractivity contribution in [1.82, 2.24) is 15.0 Å². The Hall–Kier alpha value is -1.43. The van der Waals surface area contributed by atoms with Crippen LogP contribution in [0.5, 0.6) is 0 Å². The molecule has 0 saturated carbocycles. The molecule has 0 fully saturated rings. The van der Waals surface area contributed by atoms with Gasteiger partial charge in [0.15, 0.2) is 0 Å². The van der Waals surface area contributed by atoms with E-state index < -0.39 is 6.10 Å². The van der Waals surface area contributed by atoms with Gasteiger partial charge in [-0.15, -0.1) is 5.10 Å². The third-order valence-electron chi connectivity index (χ3n) is 3.25. The Balaban J connectivity index is 2.00. The molecule has 1 aromatic heterocycles. The van der Waals surface area contributed by atoms with Gasteiger partial charge in [-0.3, -0.25) is 0 Å². The molecule has 22 heavy (non-hydrogen) atoms. The first-order valence-corrected chi connectivity index (χ1v) is 7.77. The third kappa shape index (κ3) is 4.53. The molecule has 1 heterocycles. The second-order valence-electron chi connectivity index (χ2n) is 5.80. The summed E-state index contributed by atoms with van der Waals surface area (Å²) in [5, 5.41) is 19.0. The summed E-state index contributed by atoms with van der Waals surface area (Å²) in [6, 6.07) is 7.46. The summed E-state index contributed by atoms with van der Waals surface area (Å²) in [5.41, 5.74) is 2.66. The molecule has 1 N–H and O–H groups in total. The summed E-state index contributed by atoms with van der Waals surface area (Å²) in [4.78, 5) is 0. The molecule has 0 aliphatic heterocycles. The van der Waals surface area contributed by atoms with Crippen LogP contribution in [-0.2, 0) is 11.3 Å². The van der Waals surface area contributed by atoms with Crippen LogP contribution in [-0.4, -0.2) is 39.4 Å². The lowest BCUT2D eigenvalue weighted by Gasteiger charge is -2.13. The average Bonchev–Trinajstić information content (AvgIpc) is 2.81. The number of aromatic nitrogens is 3. The number of ether oxygens (including phenoxy) is 1. The summed E-state index contributed by atoms with van der Waals surface area (Å²) in [7, 11) is 0. The van der Waals surface area contributed by atoms with Gasteiger partial charge in [-0.25, -0.2) is 4.68 Å². The highest BCUT2D eigenvalue weighted by molar-refractivity contribution is 6.30. The molecule has 0 aliphatic carbocycles. The molecular weight excluding hydrogens is 302 g/mol. The number of nitrogens with zero attached hydrogens (tertiary/aromatic N) is 3. The topological polar surface area (TPSA) is 60.2 Å². The van der Waals surface area contributed by atoms with Crippen molar-refractivity contribution in [3.63, 3.8) is 0 Å². The van der Waals surface area contributed by atoms with E-state index in [1.807, 2.05) is 31.2 Å². The maximum Gasteiger partial charge on any atom is 0.115 e. The summed E-state index contributed by atoms with van der Waals surface area (Å²) < 4.78 is 7.15. The van der Waals surface area contributed by atoms with Gasteiger partial charge in [0, 0.05) is 17.2 Å². The Morgan fingerprint density at radius 2 is 1.91 bits per heavy atom. The van der Waals surface area contributed by atoms with E-state index in [9.17, 15) is 5.11 Å². The molecule has 0 radical (unpaired) electrons. The van der Waals surface area contributed by atoms with E-state index in [0.717, 1.165) is 17.0 Å². The van der Waals surface area contributed by atoms with Gasteiger partial charge in [0.1, 0.15) is 5.69 Å².